The Morgan fingerprint density at radius 2 is 1.57 bits per heavy atom. The van der Waals surface area contributed by atoms with Gasteiger partial charge in [-0.15, -0.1) is 0 Å². The fraction of sp³-hybridized carbons (Fsp3) is 0.278. The van der Waals surface area contributed by atoms with E-state index in [0.717, 1.165) is 0 Å². The molecular weight excluding hydrogens is 402 g/mol. The van der Waals surface area contributed by atoms with E-state index in [1.54, 1.807) is 0 Å². The third-order valence-corrected chi connectivity index (χ3v) is 6.63. The highest BCUT2D eigenvalue weighted by molar-refractivity contribution is 7.89. The maximum Gasteiger partial charge on any atom is 0.255 e. The summed E-state index contributed by atoms with van der Waals surface area (Å²) in [6.45, 7) is 4.07. The van der Waals surface area contributed by atoms with Crippen molar-refractivity contribution in [2.75, 3.05) is 18.9 Å². The molecule has 0 spiro atoms. The second-order valence-electron chi connectivity index (χ2n) is 6.46. The summed E-state index contributed by atoms with van der Waals surface area (Å²) in [5, 5.41) is 2.61. The van der Waals surface area contributed by atoms with Crippen LogP contribution in [0.2, 0.25) is 0 Å². The standard InChI is InChI=1S/C18H23N3O5S2/c1-13(2)12-20-28(25,26)17-6-4-5-14(11-17)18(22)21-15-7-9-16(10-8-15)27(23,24)19-3/h4-11,13,19-20H,12H2,1-3H3,(H,21,22). The summed E-state index contributed by atoms with van der Waals surface area (Å²) in [5.74, 6) is -0.360. The number of hydrogen-bond donors (Lipinski definition) is 3. The number of sulfonamides is 2. The molecule has 0 aromatic heterocycles. The van der Waals surface area contributed by atoms with Gasteiger partial charge in [0.1, 0.15) is 0 Å². The zero-order chi connectivity index (χ0) is 20.9. The molecule has 28 heavy (non-hydrogen) atoms. The summed E-state index contributed by atoms with van der Waals surface area (Å²) in [5.41, 5.74) is 0.547. The van der Waals surface area contributed by atoms with E-state index in [0.29, 0.717) is 12.2 Å². The Labute approximate surface area is 165 Å². The summed E-state index contributed by atoms with van der Waals surface area (Å²) >= 11 is 0. The van der Waals surface area contributed by atoms with Gasteiger partial charge in [-0.2, -0.15) is 0 Å². The van der Waals surface area contributed by atoms with Gasteiger partial charge in [0, 0.05) is 17.8 Å². The first-order chi connectivity index (χ1) is 13.0. The van der Waals surface area contributed by atoms with Gasteiger partial charge < -0.3 is 5.32 Å². The third kappa shape index (κ3) is 5.61. The zero-order valence-electron chi connectivity index (χ0n) is 15.8. The van der Waals surface area contributed by atoms with Crippen LogP contribution >= 0.6 is 0 Å². The van der Waals surface area contributed by atoms with Crippen LogP contribution in [0.4, 0.5) is 5.69 Å². The van der Waals surface area contributed by atoms with Gasteiger partial charge in [-0.1, -0.05) is 19.9 Å². The SMILES string of the molecule is CNS(=O)(=O)c1ccc(NC(=O)c2cccc(S(=O)(=O)NCC(C)C)c2)cc1. The van der Waals surface area contributed by atoms with Gasteiger partial charge in [-0.3, -0.25) is 4.79 Å². The van der Waals surface area contributed by atoms with E-state index in [9.17, 15) is 21.6 Å². The van der Waals surface area contributed by atoms with Gasteiger partial charge in [0.25, 0.3) is 5.91 Å². The van der Waals surface area contributed by atoms with Crippen molar-refractivity contribution in [3.05, 3.63) is 54.1 Å². The fourth-order valence-electron chi connectivity index (χ4n) is 2.20. The fourth-order valence-corrected chi connectivity index (χ4v) is 4.19. The molecule has 0 saturated carbocycles. The van der Waals surface area contributed by atoms with Crippen molar-refractivity contribution in [1.29, 1.82) is 0 Å². The minimum absolute atomic E-state index is 0.00346. The maximum absolute atomic E-state index is 12.4. The monoisotopic (exact) mass is 425 g/mol. The Bertz CT molecular complexity index is 1050. The number of carbonyl (C=O) groups is 1. The first-order valence-corrected chi connectivity index (χ1v) is 11.5. The number of hydrogen-bond acceptors (Lipinski definition) is 5. The molecule has 1 amide bonds. The predicted molar refractivity (Wildman–Crippen MR) is 107 cm³/mol. The smallest absolute Gasteiger partial charge is 0.255 e. The highest BCUT2D eigenvalue weighted by Gasteiger charge is 2.17. The summed E-state index contributed by atoms with van der Waals surface area (Å²) in [6, 6.07) is 11.3. The van der Waals surface area contributed by atoms with Gasteiger partial charge in [-0.05, 0) is 55.4 Å². The highest BCUT2D eigenvalue weighted by atomic mass is 32.2. The van der Waals surface area contributed by atoms with E-state index in [4.69, 9.17) is 0 Å². The van der Waals surface area contributed by atoms with Crippen LogP contribution in [0, 0.1) is 5.92 Å². The lowest BCUT2D eigenvalue weighted by Crippen LogP contribution is -2.27. The Morgan fingerprint density at radius 1 is 0.929 bits per heavy atom. The topological polar surface area (TPSA) is 121 Å². The minimum Gasteiger partial charge on any atom is -0.322 e. The van der Waals surface area contributed by atoms with Crippen LogP contribution in [0.5, 0.6) is 0 Å². The molecule has 0 aliphatic heterocycles. The summed E-state index contributed by atoms with van der Waals surface area (Å²) in [7, 11) is -5.97. The molecule has 0 atom stereocenters. The van der Waals surface area contributed by atoms with E-state index >= 15 is 0 Å². The number of amides is 1. The Hall–Kier alpha value is -2.27. The van der Waals surface area contributed by atoms with Gasteiger partial charge in [0.05, 0.1) is 9.79 Å². The van der Waals surface area contributed by atoms with E-state index in [1.807, 2.05) is 13.8 Å². The maximum atomic E-state index is 12.4. The second kappa shape index (κ2) is 8.82. The molecule has 0 aliphatic rings. The quantitative estimate of drug-likeness (QED) is 0.595. The van der Waals surface area contributed by atoms with E-state index < -0.39 is 26.0 Å². The molecule has 2 aromatic rings. The van der Waals surface area contributed by atoms with Crippen LogP contribution in [0.15, 0.2) is 58.3 Å². The van der Waals surface area contributed by atoms with Gasteiger partial charge in [-0.25, -0.2) is 26.3 Å². The number of anilines is 1. The highest BCUT2D eigenvalue weighted by Crippen LogP contribution is 2.16. The molecule has 2 rings (SSSR count). The van der Waals surface area contributed by atoms with E-state index in [-0.39, 0.29) is 21.3 Å². The molecule has 0 saturated heterocycles. The molecule has 2 aromatic carbocycles. The summed E-state index contributed by atoms with van der Waals surface area (Å²) < 4.78 is 52.8. The van der Waals surface area contributed by atoms with Gasteiger partial charge in [0.15, 0.2) is 0 Å². The average Bonchev–Trinajstić information content (AvgIpc) is 2.67. The van der Waals surface area contributed by atoms with Crippen molar-refractivity contribution in [3.8, 4) is 0 Å². The van der Waals surface area contributed by atoms with Crippen LogP contribution < -0.4 is 14.8 Å². The van der Waals surface area contributed by atoms with E-state index in [2.05, 4.69) is 14.8 Å². The zero-order valence-corrected chi connectivity index (χ0v) is 17.4. The first-order valence-electron chi connectivity index (χ1n) is 8.50. The predicted octanol–water partition coefficient (Wildman–Crippen LogP) is 1.78. The summed E-state index contributed by atoms with van der Waals surface area (Å²) in [6.07, 6.45) is 0. The van der Waals surface area contributed by atoms with Crippen LogP contribution in [0.25, 0.3) is 0 Å². The summed E-state index contributed by atoms with van der Waals surface area (Å²) in [4.78, 5) is 12.5. The van der Waals surface area contributed by atoms with Crippen molar-refractivity contribution in [3.63, 3.8) is 0 Å². The molecule has 0 unspecified atom stereocenters. The molecule has 10 heteroatoms. The number of rotatable bonds is 8. The lowest BCUT2D eigenvalue weighted by Gasteiger charge is -2.10. The Morgan fingerprint density at radius 3 is 2.14 bits per heavy atom. The van der Waals surface area contributed by atoms with Crippen molar-refractivity contribution in [2.45, 2.75) is 23.6 Å². The number of nitrogens with one attached hydrogen (secondary N) is 3. The van der Waals surface area contributed by atoms with Crippen LogP contribution in [-0.4, -0.2) is 36.3 Å². The second-order valence-corrected chi connectivity index (χ2v) is 10.1. The molecule has 0 radical (unpaired) electrons. The van der Waals surface area contributed by atoms with Crippen molar-refractivity contribution >= 4 is 31.6 Å². The average molecular weight is 426 g/mol. The lowest BCUT2D eigenvalue weighted by molar-refractivity contribution is 0.102. The Balaban J connectivity index is 2.17. The van der Waals surface area contributed by atoms with Crippen molar-refractivity contribution in [1.82, 2.24) is 9.44 Å². The number of carbonyl (C=O) groups excluding carboxylic acids is 1. The molecule has 0 bridgehead atoms. The molecule has 8 nitrogen and oxygen atoms in total. The largest absolute Gasteiger partial charge is 0.322 e. The Kier molecular flexibility index (Phi) is 6.94. The lowest BCUT2D eigenvalue weighted by atomic mass is 10.2. The third-order valence-electron chi connectivity index (χ3n) is 3.78. The normalized spacial score (nSPS) is 12.1. The molecule has 0 fully saturated rings. The molecule has 0 aliphatic carbocycles. The molecule has 0 heterocycles. The van der Waals surface area contributed by atoms with Gasteiger partial charge >= 0.3 is 0 Å². The van der Waals surface area contributed by atoms with Crippen LogP contribution in [0.3, 0.4) is 0 Å². The molecule has 3 N–H and O–H groups in total. The van der Waals surface area contributed by atoms with Crippen LogP contribution in [0.1, 0.15) is 24.2 Å². The minimum atomic E-state index is -3.71. The number of benzene rings is 2. The first kappa shape index (κ1) is 22.0. The van der Waals surface area contributed by atoms with Crippen LogP contribution in [-0.2, 0) is 20.0 Å². The van der Waals surface area contributed by atoms with Crippen molar-refractivity contribution < 1.29 is 21.6 Å². The molecule has 152 valence electrons. The van der Waals surface area contributed by atoms with Gasteiger partial charge in [0.2, 0.25) is 20.0 Å². The van der Waals surface area contributed by atoms with Crippen molar-refractivity contribution in [2.24, 2.45) is 5.92 Å². The molecular formula is C18H23N3O5S2. The van der Waals surface area contributed by atoms with E-state index in [1.165, 1.54) is 55.6 Å².